The van der Waals surface area contributed by atoms with Crippen LogP contribution >= 0.6 is 11.8 Å². The van der Waals surface area contributed by atoms with Crippen molar-refractivity contribution >= 4 is 28.8 Å². The summed E-state index contributed by atoms with van der Waals surface area (Å²) >= 11 is 0.724. The van der Waals surface area contributed by atoms with Gasteiger partial charge in [0.25, 0.3) is 5.24 Å². The number of nitrogens with one attached hydrogen (secondary N) is 1. The maximum atomic E-state index is 10.9. The third kappa shape index (κ3) is 2.46. The standard InChI is InChI=1S/C5H4N4O3S/c6-9-8-3(10)1-2-4(11)7-5(12)13-2/h2H,1H2,(H,7,11,12). The molecular formula is C5H4N4O3S. The van der Waals surface area contributed by atoms with Gasteiger partial charge in [-0.1, -0.05) is 11.8 Å². The second-order valence-corrected chi connectivity index (χ2v) is 3.35. The molecule has 1 atom stereocenters. The Bertz CT molecular complexity index is 322. The topological polar surface area (TPSA) is 112 Å². The van der Waals surface area contributed by atoms with Crippen molar-refractivity contribution < 1.29 is 14.4 Å². The molecule has 7 nitrogen and oxygen atoms in total. The molecule has 1 aliphatic rings. The highest BCUT2D eigenvalue weighted by Crippen LogP contribution is 2.21. The summed E-state index contributed by atoms with van der Waals surface area (Å²) in [6.45, 7) is 0. The number of imide groups is 1. The summed E-state index contributed by atoms with van der Waals surface area (Å²) in [5.41, 5.74) is 7.89. The highest BCUT2D eigenvalue weighted by atomic mass is 32.2. The van der Waals surface area contributed by atoms with Gasteiger partial charge in [-0.25, -0.2) is 0 Å². The van der Waals surface area contributed by atoms with Crippen LogP contribution in [-0.2, 0) is 9.59 Å². The second-order valence-electron chi connectivity index (χ2n) is 2.17. The Hall–Kier alpha value is -1.53. The number of thioether (sulfide) groups is 1. The van der Waals surface area contributed by atoms with Crippen LogP contribution in [0.25, 0.3) is 10.4 Å². The third-order valence-electron chi connectivity index (χ3n) is 1.28. The Balaban J connectivity index is 2.55. The van der Waals surface area contributed by atoms with Crippen molar-refractivity contribution in [3.05, 3.63) is 10.4 Å². The number of rotatable bonds is 2. The lowest BCUT2D eigenvalue weighted by molar-refractivity contribution is -0.123. The van der Waals surface area contributed by atoms with E-state index >= 15 is 0 Å². The third-order valence-corrected chi connectivity index (χ3v) is 2.26. The molecule has 1 rings (SSSR count). The summed E-state index contributed by atoms with van der Waals surface area (Å²) < 4.78 is 0. The van der Waals surface area contributed by atoms with Crippen molar-refractivity contribution in [1.82, 2.24) is 5.32 Å². The number of hydrogen-bond acceptors (Lipinski definition) is 4. The van der Waals surface area contributed by atoms with Gasteiger partial charge in [-0.3, -0.25) is 19.7 Å². The van der Waals surface area contributed by atoms with Gasteiger partial charge in [0.05, 0.1) is 0 Å². The van der Waals surface area contributed by atoms with Crippen LogP contribution in [0.15, 0.2) is 5.11 Å². The Labute approximate surface area is 76.5 Å². The van der Waals surface area contributed by atoms with Crippen molar-refractivity contribution in [2.75, 3.05) is 0 Å². The molecule has 1 fully saturated rings. The molecule has 0 bridgehead atoms. The molecular weight excluding hydrogens is 196 g/mol. The van der Waals surface area contributed by atoms with Gasteiger partial charge in [-0.2, -0.15) is 0 Å². The summed E-state index contributed by atoms with van der Waals surface area (Å²) in [6, 6.07) is 0. The van der Waals surface area contributed by atoms with Crippen LogP contribution in [0.1, 0.15) is 6.42 Å². The molecule has 8 heteroatoms. The Morgan fingerprint density at radius 2 is 2.38 bits per heavy atom. The van der Waals surface area contributed by atoms with Crippen molar-refractivity contribution in [3.8, 4) is 0 Å². The first kappa shape index (κ1) is 9.56. The second kappa shape index (κ2) is 3.92. The quantitative estimate of drug-likeness (QED) is 0.398. The lowest BCUT2D eigenvalue weighted by Gasteiger charge is -1.98. The number of carbonyl (C=O) groups is 3. The largest absolute Gasteiger partial charge is 0.293 e. The lowest BCUT2D eigenvalue weighted by Crippen LogP contribution is -2.25. The van der Waals surface area contributed by atoms with Gasteiger partial charge >= 0.3 is 0 Å². The molecule has 3 amide bonds. The van der Waals surface area contributed by atoms with E-state index in [0.29, 0.717) is 0 Å². The van der Waals surface area contributed by atoms with Crippen molar-refractivity contribution in [1.29, 1.82) is 0 Å². The molecule has 0 saturated carbocycles. The van der Waals surface area contributed by atoms with E-state index in [9.17, 15) is 14.4 Å². The maximum Gasteiger partial charge on any atom is 0.286 e. The number of nitrogens with zero attached hydrogens (tertiary/aromatic N) is 3. The molecule has 1 unspecified atom stereocenters. The molecule has 0 radical (unpaired) electrons. The van der Waals surface area contributed by atoms with Crippen molar-refractivity contribution in [2.45, 2.75) is 11.7 Å². The Morgan fingerprint density at radius 3 is 2.85 bits per heavy atom. The van der Waals surface area contributed by atoms with Crippen LogP contribution in [0, 0.1) is 0 Å². The van der Waals surface area contributed by atoms with Gasteiger partial charge in [0.1, 0.15) is 5.25 Å². The molecule has 1 saturated heterocycles. The lowest BCUT2D eigenvalue weighted by atomic mass is 10.3. The highest BCUT2D eigenvalue weighted by molar-refractivity contribution is 8.15. The summed E-state index contributed by atoms with van der Waals surface area (Å²) in [4.78, 5) is 34.5. The van der Waals surface area contributed by atoms with E-state index in [0.717, 1.165) is 11.8 Å². The zero-order valence-electron chi connectivity index (χ0n) is 6.26. The monoisotopic (exact) mass is 200 g/mol. The number of hydrogen-bond donors (Lipinski definition) is 1. The average Bonchev–Trinajstić information content (AvgIpc) is 2.30. The zero-order chi connectivity index (χ0) is 9.84. The number of carbonyl (C=O) groups excluding carboxylic acids is 3. The Morgan fingerprint density at radius 1 is 1.69 bits per heavy atom. The van der Waals surface area contributed by atoms with Crippen LogP contribution in [0.3, 0.4) is 0 Å². The fourth-order valence-corrected chi connectivity index (χ4v) is 1.59. The minimum Gasteiger partial charge on any atom is -0.293 e. The molecule has 1 heterocycles. The summed E-state index contributed by atoms with van der Waals surface area (Å²) in [5, 5.41) is 3.56. The zero-order valence-corrected chi connectivity index (χ0v) is 7.08. The summed E-state index contributed by atoms with van der Waals surface area (Å²) in [7, 11) is 0. The molecule has 0 aromatic rings. The van der Waals surface area contributed by atoms with Gasteiger partial charge in [0.15, 0.2) is 0 Å². The molecule has 0 aromatic heterocycles. The fraction of sp³-hybridized carbons (Fsp3) is 0.400. The normalized spacial score (nSPS) is 20.8. The van der Waals surface area contributed by atoms with Gasteiger partial charge in [-0.15, -0.1) is 0 Å². The van der Waals surface area contributed by atoms with E-state index in [-0.39, 0.29) is 6.42 Å². The first-order valence-electron chi connectivity index (χ1n) is 3.23. The maximum absolute atomic E-state index is 10.9. The number of azide groups is 1. The van der Waals surface area contributed by atoms with E-state index in [2.05, 4.69) is 10.0 Å². The smallest absolute Gasteiger partial charge is 0.286 e. The SMILES string of the molecule is [N-]=[N+]=NC(=O)CC1SC(=O)NC1=O. The van der Waals surface area contributed by atoms with Crippen LogP contribution in [0.2, 0.25) is 0 Å². The summed E-state index contributed by atoms with van der Waals surface area (Å²) in [5.74, 6) is -1.26. The van der Waals surface area contributed by atoms with Crippen molar-refractivity contribution in [3.63, 3.8) is 0 Å². The first-order valence-corrected chi connectivity index (χ1v) is 4.11. The van der Waals surface area contributed by atoms with Crippen molar-refractivity contribution in [2.24, 2.45) is 5.11 Å². The predicted molar refractivity (Wildman–Crippen MR) is 43.7 cm³/mol. The van der Waals surface area contributed by atoms with Gasteiger partial charge in [0, 0.05) is 11.3 Å². The first-order chi connectivity index (χ1) is 6.13. The molecule has 68 valence electrons. The van der Waals surface area contributed by atoms with Crippen LogP contribution < -0.4 is 5.32 Å². The fourth-order valence-electron chi connectivity index (χ4n) is 0.777. The molecule has 1 N–H and O–H groups in total. The molecule has 0 spiro atoms. The van der Waals surface area contributed by atoms with E-state index in [1.807, 2.05) is 5.32 Å². The van der Waals surface area contributed by atoms with E-state index in [4.69, 9.17) is 5.53 Å². The van der Waals surface area contributed by atoms with E-state index in [1.54, 1.807) is 0 Å². The number of amides is 3. The van der Waals surface area contributed by atoms with Gasteiger partial charge in [-0.05, 0) is 10.6 Å². The average molecular weight is 200 g/mol. The van der Waals surface area contributed by atoms with Gasteiger partial charge < -0.3 is 0 Å². The molecule has 1 aliphatic heterocycles. The highest BCUT2D eigenvalue weighted by Gasteiger charge is 2.32. The van der Waals surface area contributed by atoms with Crippen LogP contribution in [0.5, 0.6) is 0 Å². The predicted octanol–water partition coefficient (Wildman–Crippen LogP) is 0.565. The minimum atomic E-state index is -0.759. The summed E-state index contributed by atoms with van der Waals surface area (Å²) in [6.07, 6.45) is -0.244. The molecule has 0 aliphatic carbocycles. The van der Waals surface area contributed by atoms with Crippen LogP contribution in [-0.4, -0.2) is 22.3 Å². The minimum absolute atomic E-state index is 0.244. The molecule has 0 aromatic carbocycles. The molecule has 13 heavy (non-hydrogen) atoms. The van der Waals surface area contributed by atoms with Crippen LogP contribution in [0.4, 0.5) is 4.79 Å². The Kier molecular flexibility index (Phi) is 2.88. The van der Waals surface area contributed by atoms with E-state index in [1.165, 1.54) is 0 Å². The van der Waals surface area contributed by atoms with Gasteiger partial charge in [0.2, 0.25) is 11.8 Å². The van der Waals surface area contributed by atoms with E-state index < -0.39 is 22.3 Å².